The average molecular weight is 378 g/mol. The van der Waals surface area contributed by atoms with Gasteiger partial charge in [0.25, 0.3) is 0 Å². The number of carbonyl (C=O) groups is 1. The molecule has 4 aromatic rings. The second kappa shape index (κ2) is 7.17. The molecule has 1 aliphatic heterocycles. The standard InChI is InChI=1S/C25H18N2O2/c28-25(18-8-2-1-3-9-18)29-20-16-14-19(15-17-20)27-23-12-6-4-10-21(23)26-22-11-5-7-13-24(22)27/h1-17,26H. The van der Waals surface area contributed by atoms with Crippen LogP contribution in [0.25, 0.3) is 0 Å². The number of anilines is 5. The number of esters is 1. The average Bonchev–Trinajstić information content (AvgIpc) is 2.78. The highest BCUT2D eigenvalue weighted by atomic mass is 16.5. The van der Waals surface area contributed by atoms with E-state index in [1.54, 1.807) is 12.1 Å². The minimum absolute atomic E-state index is 0.365. The summed E-state index contributed by atoms with van der Waals surface area (Å²) >= 11 is 0. The van der Waals surface area contributed by atoms with Crippen LogP contribution in [0.1, 0.15) is 10.4 Å². The topological polar surface area (TPSA) is 41.6 Å². The van der Waals surface area contributed by atoms with Crippen molar-refractivity contribution in [1.29, 1.82) is 0 Å². The maximum absolute atomic E-state index is 12.3. The van der Waals surface area contributed by atoms with Crippen molar-refractivity contribution in [3.8, 4) is 5.75 Å². The summed E-state index contributed by atoms with van der Waals surface area (Å²) in [5, 5.41) is 3.48. The normalized spacial score (nSPS) is 11.8. The van der Waals surface area contributed by atoms with Crippen LogP contribution in [-0.4, -0.2) is 5.97 Å². The van der Waals surface area contributed by atoms with Gasteiger partial charge in [0.2, 0.25) is 0 Å². The molecule has 4 heteroatoms. The lowest BCUT2D eigenvalue weighted by Gasteiger charge is -2.33. The van der Waals surface area contributed by atoms with E-state index in [0.717, 1.165) is 28.4 Å². The van der Waals surface area contributed by atoms with E-state index >= 15 is 0 Å². The molecule has 5 rings (SSSR count). The number of rotatable bonds is 3. The Bertz CT molecular complexity index is 1130. The van der Waals surface area contributed by atoms with Crippen molar-refractivity contribution in [1.82, 2.24) is 0 Å². The number of nitrogens with zero attached hydrogens (tertiary/aromatic N) is 1. The molecule has 0 radical (unpaired) electrons. The second-order valence-corrected chi connectivity index (χ2v) is 6.74. The highest BCUT2D eigenvalue weighted by Crippen LogP contribution is 2.47. The first-order valence-electron chi connectivity index (χ1n) is 9.42. The van der Waals surface area contributed by atoms with Gasteiger partial charge in [0.05, 0.1) is 28.3 Å². The Morgan fingerprint density at radius 2 is 1.21 bits per heavy atom. The van der Waals surface area contributed by atoms with Crippen molar-refractivity contribution in [2.45, 2.75) is 0 Å². The van der Waals surface area contributed by atoms with E-state index in [-0.39, 0.29) is 5.97 Å². The van der Waals surface area contributed by atoms with Gasteiger partial charge >= 0.3 is 5.97 Å². The zero-order chi connectivity index (χ0) is 19.6. The molecule has 0 spiro atoms. The summed E-state index contributed by atoms with van der Waals surface area (Å²) in [4.78, 5) is 14.5. The minimum atomic E-state index is -0.365. The number of para-hydroxylation sites is 4. The van der Waals surface area contributed by atoms with Gasteiger partial charge in [-0.05, 0) is 60.7 Å². The van der Waals surface area contributed by atoms with Crippen LogP contribution in [0.4, 0.5) is 28.4 Å². The van der Waals surface area contributed by atoms with E-state index < -0.39 is 0 Å². The first kappa shape index (κ1) is 17.1. The predicted octanol–water partition coefficient (Wildman–Crippen LogP) is 6.43. The molecule has 0 unspecified atom stereocenters. The molecule has 0 saturated carbocycles. The van der Waals surface area contributed by atoms with E-state index in [1.807, 2.05) is 66.7 Å². The summed E-state index contributed by atoms with van der Waals surface area (Å²) in [6.45, 7) is 0. The monoisotopic (exact) mass is 378 g/mol. The van der Waals surface area contributed by atoms with E-state index in [9.17, 15) is 4.79 Å². The Hall–Kier alpha value is -4.05. The second-order valence-electron chi connectivity index (χ2n) is 6.74. The van der Waals surface area contributed by atoms with Gasteiger partial charge in [-0.2, -0.15) is 0 Å². The molecule has 0 atom stereocenters. The smallest absolute Gasteiger partial charge is 0.343 e. The molecule has 1 N–H and O–H groups in total. The molecule has 0 aromatic heterocycles. The lowest BCUT2D eigenvalue weighted by atomic mass is 10.1. The summed E-state index contributed by atoms with van der Waals surface area (Å²) < 4.78 is 5.51. The highest BCUT2D eigenvalue weighted by molar-refractivity contribution is 5.96. The fraction of sp³-hybridized carbons (Fsp3) is 0. The quantitative estimate of drug-likeness (QED) is 0.290. The summed E-state index contributed by atoms with van der Waals surface area (Å²) in [5.41, 5.74) is 5.75. The van der Waals surface area contributed by atoms with Crippen molar-refractivity contribution in [2.24, 2.45) is 0 Å². The number of hydrogen-bond donors (Lipinski definition) is 1. The van der Waals surface area contributed by atoms with Crippen LogP contribution < -0.4 is 15.0 Å². The van der Waals surface area contributed by atoms with Crippen molar-refractivity contribution in [2.75, 3.05) is 10.2 Å². The van der Waals surface area contributed by atoms with Gasteiger partial charge < -0.3 is 15.0 Å². The number of nitrogens with one attached hydrogen (secondary N) is 1. The molecular weight excluding hydrogens is 360 g/mol. The molecule has 1 heterocycles. The number of benzene rings is 4. The molecule has 0 fully saturated rings. The summed E-state index contributed by atoms with van der Waals surface area (Å²) in [6.07, 6.45) is 0. The van der Waals surface area contributed by atoms with E-state index in [0.29, 0.717) is 11.3 Å². The Morgan fingerprint density at radius 3 is 1.83 bits per heavy atom. The third kappa shape index (κ3) is 3.21. The molecule has 4 aromatic carbocycles. The van der Waals surface area contributed by atoms with Crippen molar-refractivity contribution in [3.63, 3.8) is 0 Å². The lowest BCUT2D eigenvalue weighted by Crippen LogP contribution is -2.17. The number of carbonyl (C=O) groups excluding carboxylic acids is 1. The summed E-state index contributed by atoms with van der Waals surface area (Å²) in [5.74, 6) is 0.149. The van der Waals surface area contributed by atoms with Crippen molar-refractivity contribution in [3.05, 3.63) is 109 Å². The molecular formula is C25H18N2O2. The van der Waals surface area contributed by atoms with Gasteiger partial charge in [0.1, 0.15) is 5.75 Å². The van der Waals surface area contributed by atoms with Gasteiger partial charge in [-0.15, -0.1) is 0 Å². The van der Waals surface area contributed by atoms with Gasteiger partial charge in [-0.3, -0.25) is 0 Å². The zero-order valence-electron chi connectivity index (χ0n) is 15.6. The van der Waals surface area contributed by atoms with Gasteiger partial charge in [-0.25, -0.2) is 4.79 Å². The minimum Gasteiger partial charge on any atom is -0.423 e. The number of ether oxygens (including phenoxy) is 1. The van der Waals surface area contributed by atoms with Gasteiger partial charge in [0.15, 0.2) is 0 Å². The fourth-order valence-corrected chi connectivity index (χ4v) is 3.51. The van der Waals surface area contributed by atoms with Crippen LogP contribution in [0.15, 0.2) is 103 Å². The number of fused-ring (bicyclic) bond motifs is 2. The molecule has 0 aliphatic carbocycles. The third-order valence-corrected chi connectivity index (χ3v) is 4.87. The van der Waals surface area contributed by atoms with Crippen LogP contribution in [-0.2, 0) is 0 Å². The van der Waals surface area contributed by atoms with E-state index in [1.165, 1.54) is 0 Å². The fourth-order valence-electron chi connectivity index (χ4n) is 3.51. The Labute approximate surface area is 169 Å². The van der Waals surface area contributed by atoms with Gasteiger partial charge in [-0.1, -0.05) is 42.5 Å². The first-order valence-corrected chi connectivity index (χ1v) is 9.42. The Kier molecular flexibility index (Phi) is 4.22. The maximum atomic E-state index is 12.3. The number of hydrogen-bond acceptors (Lipinski definition) is 4. The summed E-state index contributed by atoms with van der Waals surface area (Å²) in [7, 11) is 0. The molecule has 1 aliphatic rings. The molecule has 140 valence electrons. The SMILES string of the molecule is O=C(Oc1ccc(N2c3ccccc3Nc3ccccc32)cc1)c1ccccc1. The molecule has 0 saturated heterocycles. The largest absolute Gasteiger partial charge is 0.423 e. The Balaban J connectivity index is 1.47. The first-order chi connectivity index (χ1) is 14.3. The molecule has 4 nitrogen and oxygen atoms in total. The molecule has 0 amide bonds. The predicted molar refractivity (Wildman–Crippen MR) is 116 cm³/mol. The van der Waals surface area contributed by atoms with E-state index in [2.05, 4.69) is 34.5 Å². The van der Waals surface area contributed by atoms with Crippen LogP contribution in [0.5, 0.6) is 5.75 Å². The highest BCUT2D eigenvalue weighted by Gasteiger charge is 2.23. The van der Waals surface area contributed by atoms with Gasteiger partial charge in [0, 0.05) is 5.69 Å². The Morgan fingerprint density at radius 1 is 0.655 bits per heavy atom. The van der Waals surface area contributed by atoms with Crippen LogP contribution in [0.2, 0.25) is 0 Å². The van der Waals surface area contributed by atoms with Crippen LogP contribution in [0, 0.1) is 0 Å². The third-order valence-electron chi connectivity index (χ3n) is 4.87. The van der Waals surface area contributed by atoms with Crippen molar-refractivity contribution < 1.29 is 9.53 Å². The maximum Gasteiger partial charge on any atom is 0.343 e. The molecule has 29 heavy (non-hydrogen) atoms. The van der Waals surface area contributed by atoms with E-state index in [4.69, 9.17) is 4.74 Å². The van der Waals surface area contributed by atoms with Crippen LogP contribution >= 0.6 is 0 Å². The summed E-state index contributed by atoms with van der Waals surface area (Å²) in [6, 6.07) is 32.9. The molecule has 0 bridgehead atoms. The van der Waals surface area contributed by atoms with Crippen LogP contribution in [0.3, 0.4) is 0 Å². The lowest BCUT2D eigenvalue weighted by molar-refractivity contribution is 0.0735. The van der Waals surface area contributed by atoms with Crippen molar-refractivity contribution >= 4 is 34.4 Å². The zero-order valence-corrected chi connectivity index (χ0v) is 15.6.